The van der Waals surface area contributed by atoms with Crippen LogP contribution in [-0.2, 0) is 4.79 Å². The van der Waals surface area contributed by atoms with E-state index in [1.54, 1.807) is 0 Å². The standard InChI is InChI=1S/C13H18O2/c1-4-5-13(14)15-12-8-6-11(7-9-12)10(2)3/h6-10H,4-5H2,1-3H3. The minimum Gasteiger partial charge on any atom is -0.427 e. The van der Waals surface area contributed by atoms with Gasteiger partial charge in [0.15, 0.2) is 0 Å². The van der Waals surface area contributed by atoms with Crippen molar-refractivity contribution in [2.24, 2.45) is 0 Å². The van der Waals surface area contributed by atoms with Crippen LogP contribution in [0, 0.1) is 0 Å². The first-order valence-electron chi connectivity index (χ1n) is 5.44. The Kier molecular flexibility index (Phi) is 4.35. The molecule has 0 fully saturated rings. The lowest BCUT2D eigenvalue weighted by Gasteiger charge is -2.07. The van der Waals surface area contributed by atoms with Crippen LogP contribution >= 0.6 is 0 Å². The Labute approximate surface area is 91.3 Å². The molecule has 0 spiro atoms. The van der Waals surface area contributed by atoms with Gasteiger partial charge >= 0.3 is 5.97 Å². The minimum atomic E-state index is -0.158. The monoisotopic (exact) mass is 206 g/mol. The second-order valence-corrected chi connectivity index (χ2v) is 3.95. The van der Waals surface area contributed by atoms with Crippen molar-refractivity contribution < 1.29 is 9.53 Å². The van der Waals surface area contributed by atoms with Crippen molar-refractivity contribution in [1.29, 1.82) is 0 Å². The van der Waals surface area contributed by atoms with Crippen molar-refractivity contribution in [3.05, 3.63) is 29.8 Å². The molecule has 1 rings (SSSR count). The molecule has 1 aromatic carbocycles. The molecule has 0 saturated carbocycles. The molecular weight excluding hydrogens is 188 g/mol. The van der Waals surface area contributed by atoms with Crippen LogP contribution in [0.2, 0.25) is 0 Å². The fraction of sp³-hybridized carbons (Fsp3) is 0.462. The molecule has 2 heteroatoms. The molecule has 0 amide bonds. The minimum absolute atomic E-state index is 0.158. The van der Waals surface area contributed by atoms with Crippen molar-refractivity contribution in [3.8, 4) is 5.75 Å². The molecule has 82 valence electrons. The Morgan fingerprint density at radius 2 is 1.87 bits per heavy atom. The average molecular weight is 206 g/mol. The van der Waals surface area contributed by atoms with Crippen LogP contribution in [-0.4, -0.2) is 5.97 Å². The van der Waals surface area contributed by atoms with Gasteiger partial charge in [-0.05, 0) is 30.0 Å². The van der Waals surface area contributed by atoms with E-state index in [0.29, 0.717) is 18.1 Å². The third-order valence-electron chi connectivity index (χ3n) is 2.23. The summed E-state index contributed by atoms with van der Waals surface area (Å²) in [4.78, 5) is 11.2. The molecule has 0 aromatic heterocycles. The van der Waals surface area contributed by atoms with E-state index in [9.17, 15) is 4.79 Å². The van der Waals surface area contributed by atoms with E-state index < -0.39 is 0 Å². The van der Waals surface area contributed by atoms with Crippen molar-refractivity contribution in [2.45, 2.75) is 39.5 Å². The first kappa shape index (κ1) is 11.8. The molecule has 0 aliphatic heterocycles. The summed E-state index contributed by atoms with van der Waals surface area (Å²) < 4.78 is 5.15. The third kappa shape index (κ3) is 3.74. The van der Waals surface area contributed by atoms with E-state index in [-0.39, 0.29) is 5.97 Å². The summed E-state index contributed by atoms with van der Waals surface area (Å²) in [5.41, 5.74) is 1.25. The zero-order valence-corrected chi connectivity index (χ0v) is 9.62. The molecule has 0 atom stereocenters. The smallest absolute Gasteiger partial charge is 0.311 e. The van der Waals surface area contributed by atoms with Crippen LogP contribution in [0.25, 0.3) is 0 Å². The van der Waals surface area contributed by atoms with E-state index >= 15 is 0 Å². The largest absolute Gasteiger partial charge is 0.427 e. The topological polar surface area (TPSA) is 26.3 Å². The zero-order valence-electron chi connectivity index (χ0n) is 9.62. The summed E-state index contributed by atoms with van der Waals surface area (Å²) in [6.45, 7) is 6.24. The van der Waals surface area contributed by atoms with Gasteiger partial charge in [-0.15, -0.1) is 0 Å². The van der Waals surface area contributed by atoms with E-state index in [1.165, 1.54) is 5.56 Å². The highest BCUT2D eigenvalue weighted by Gasteiger charge is 2.04. The van der Waals surface area contributed by atoms with Gasteiger partial charge in [0.2, 0.25) is 0 Å². The summed E-state index contributed by atoms with van der Waals surface area (Å²) in [6.07, 6.45) is 1.30. The van der Waals surface area contributed by atoms with Crippen LogP contribution in [0.5, 0.6) is 5.75 Å². The molecular formula is C13H18O2. The molecule has 1 aromatic rings. The van der Waals surface area contributed by atoms with Crippen molar-refractivity contribution in [2.75, 3.05) is 0 Å². The quantitative estimate of drug-likeness (QED) is 0.556. The molecule has 2 nitrogen and oxygen atoms in total. The summed E-state index contributed by atoms with van der Waals surface area (Å²) in [6, 6.07) is 7.70. The fourth-order valence-electron chi connectivity index (χ4n) is 1.31. The lowest BCUT2D eigenvalue weighted by Crippen LogP contribution is -2.06. The highest BCUT2D eigenvalue weighted by atomic mass is 16.5. The molecule has 0 unspecified atom stereocenters. The van der Waals surface area contributed by atoms with Gasteiger partial charge in [0, 0.05) is 6.42 Å². The van der Waals surface area contributed by atoms with Gasteiger partial charge in [-0.25, -0.2) is 0 Å². The van der Waals surface area contributed by atoms with Crippen molar-refractivity contribution in [3.63, 3.8) is 0 Å². The Hall–Kier alpha value is -1.31. The molecule has 0 aliphatic rings. The second kappa shape index (κ2) is 5.54. The number of hydrogen-bond acceptors (Lipinski definition) is 2. The van der Waals surface area contributed by atoms with E-state index in [1.807, 2.05) is 31.2 Å². The normalized spacial score (nSPS) is 10.4. The van der Waals surface area contributed by atoms with Crippen LogP contribution in [0.1, 0.15) is 45.1 Å². The maximum atomic E-state index is 11.2. The van der Waals surface area contributed by atoms with Crippen molar-refractivity contribution in [1.82, 2.24) is 0 Å². The van der Waals surface area contributed by atoms with Gasteiger partial charge in [-0.2, -0.15) is 0 Å². The number of carbonyl (C=O) groups excluding carboxylic acids is 1. The van der Waals surface area contributed by atoms with Gasteiger partial charge < -0.3 is 4.74 Å². The average Bonchev–Trinajstić information content (AvgIpc) is 2.18. The molecule has 0 heterocycles. The second-order valence-electron chi connectivity index (χ2n) is 3.95. The first-order chi connectivity index (χ1) is 7.13. The third-order valence-corrected chi connectivity index (χ3v) is 2.23. The zero-order chi connectivity index (χ0) is 11.3. The molecule has 0 N–H and O–H groups in total. The van der Waals surface area contributed by atoms with E-state index in [4.69, 9.17) is 4.74 Å². The maximum absolute atomic E-state index is 11.2. The highest BCUT2D eigenvalue weighted by Crippen LogP contribution is 2.18. The maximum Gasteiger partial charge on any atom is 0.311 e. The number of ether oxygens (including phenoxy) is 1. The summed E-state index contributed by atoms with van der Waals surface area (Å²) >= 11 is 0. The van der Waals surface area contributed by atoms with Gasteiger partial charge in [0.25, 0.3) is 0 Å². The summed E-state index contributed by atoms with van der Waals surface area (Å²) in [5, 5.41) is 0. The predicted molar refractivity (Wildman–Crippen MR) is 61.1 cm³/mol. The Morgan fingerprint density at radius 1 is 1.27 bits per heavy atom. The van der Waals surface area contributed by atoms with Crippen LogP contribution in [0.4, 0.5) is 0 Å². The summed E-state index contributed by atoms with van der Waals surface area (Å²) in [7, 11) is 0. The Balaban J connectivity index is 2.60. The summed E-state index contributed by atoms with van der Waals surface area (Å²) in [5.74, 6) is 0.984. The number of rotatable bonds is 4. The van der Waals surface area contributed by atoms with Crippen molar-refractivity contribution >= 4 is 5.97 Å². The van der Waals surface area contributed by atoms with E-state index in [0.717, 1.165) is 6.42 Å². The molecule has 0 saturated heterocycles. The Bertz CT molecular complexity index is 312. The number of hydrogen-bond donors (Lipinski definition) is 0. The molecule has 0 bridgehead atoms. The SMILES string of the molecule is CCCC(=O)Oc1ccc(C(C)C)cc1. The molecule has 15 heavy (non-hydrogen) atoms. The Morgan fingerprint density at radius 3 is 2.33 bits per heavy atom. The molecule has 0 radical (unpaired) electrons. The fourth-order valence-corrected chi connectivity index (χ4v) is 1.31. The lowest BCUT2D eigenvalue weighted by molar-refractivity contribution is -0.134. The van der Waals surface area contributed by atoms with Gasteiger partial charge in [0.1, 0.15) is 5.75 Å². The number of esters is 1. The first-order valence-corrected chi connectivity index (χ1v) is 5.44. The highest BCUT2D eigenvalue weighted by molar-refractivity contribution is 5.72. The van der Waals surface area contributed by atoms with Crippen LogP contribution in [0.15, 0.2) is 24.3 Å². The van der Waals surface area contributed by atoms with E-state index in [2.05, 4.69) is 13.8 Å². The predicted octanol–water partition coefficient (Wildman–Crippen LogP) is 3.52. The molecule has 0 aliphatic carbocycles. The van der Waals surface area contributed by atoms with Gasteiger partial charge in [-0.1, -0.05) is 32.9 Å². The van der Waals surface area contributed by atoms with Crippen LogP contribution in [0.3, 0.4) is 0 Å². The van der Waals surface area contributed by atoms with Crippen LogP contribution < -0.4 is 4.74 Å². The van der Waals surface area contributed by atoms with Gasteiger partial charge in [-0.3, -0.25) is 4.79 Å². The lowest BCUT2D eigenvalue weighted by atomic mass is 10.0. The number of benzene rings is 1. The van der Waals surface area contributed by atoms with Gasteiger partial charge in [0.05, 0.1) is 0 Å². The number of carbonyl (C=O) groups is 1.